The minimum Gasteiger partial charge on any atom is -0.325 e. The predicted octanol–water partition coefficient (Wildman–Crippen LogP) is 2.57. The van der Waals surface area contributed by atoms with E-state index in [4.69, 9.17) is 0 Å². The maximum atomic E-state index is 11.8. The van der Waals surface area contributed by atoms with Crippen molar-refractivity contribution in [2.45, 2.75) is 12.1 Å². The molecule has 104 valence electrons. The molecule has 0 bridgehead atoms. The molecule has 7 heteroatoms. The number of aromatic nitrogens is 2. The second-order valence-corrected chi connectivity index (χ2v) is 5.86. The van der Waals surface area contributed by atoms with Crippen LogP contribution in [-0.2, 0) is 4.79 Å². The number of benzene rings is 1. The van der Waals surface area contributed by atoms with Crippen LogP contribution in [0, 0.1) is 6.92 Å². The molecule has 2 N–H and O–H groups in total. The number of nitrogens with zero attached hydrogens (tertiary/aromatic N) is 1. The normalized spacial score (nSPS) is 10.3. The van der Waals surface area contributed by atoms with Gasteiger partial charge in [0.15, 0.2) is 5.16 Å². The van der Waals surface area contributed by atoms with E-state index in [-0.39, 0.29) is 17.2 Å². The van der Waals surface area contributed by atoms with E-state index in [0.29, 0.717) is 5.16 Å². The summed E-state index contributed by atoms with van der Waals surface area (Å²) in [6, 6.07) is 6.93. The SMILES string of the molecule is Cc1ccc(NC(=O)CSc2nccc(=O)[nH]2)cc1Br. The smallest absolute Gasteiger partial charge is 0.251 e. The fourth-order valence-electron chi connectivity index (χ4n) is 1.43. The summed E-state index contributed by atoms with van der Waals surface area (Å²) in [6.45, 7) is 1.98. The van der Waals surface area contributed by atoms with Gasteiger partial charge in [0.25, 0.3) is 5.56 Å². The molecule has 0 radical (unpaired) electrons. The molecule has 0 saturated carbocycles. The van der Waals surface area contributed by atoms with Crippen molar-refractivity contribution in [3.05, 3.63) is 50.9 Å². The van der Waals surface area contributed by atoms with Crippen LogP contribution in [0.5, 0.6) is 0 Å². The third-order valence-corrected chi connectivity index (χ3v) is 4.19. The number of amides is 1. The molecule has 0 spiro atoms. The minimum atomic E-state index is -0.231. The molecule has 1 aromatic carbocycles. The number of carbonyl (C=O) groups excluding carboxylic acids is 1. The Morgan fingerprint density at radius 1 is 1.45 bits per heavy atom. The van der Waals surface area contributed by atoms with Crippen molar-refractivity contribution in [1.82, 2.24) is 9.97 Å². The lowest BCUT2D eigenvalue weighted by Crippen LogP contribution is -2.15. The highest BCUT2D eigenvalue weighted by atomic mass is 79.9. The Morgan fingerprint density at radius 3 is 2.95 bits per heavy atom. The highest BCUT2D eigenvalue weighted by Gasteiger charge is 2.06. The van der Waals surface area contributed by atoms with Crippen LogP contribution in [0.4, 0.5) is 5.69 Å². The van der Waals surface area contributed by atoms with E-state index in [1.165, 1.54) is 24.0 Å². The predicted molar refractivity (Wildman–Crippen MR) is 83.1 cm³/mol. The van der Waals surface area contributed by atoms with Gasteiger partial charge in [0.05, 0.1) is 5.75 Å². The van der Waals surface area contributed by atoms with E-state index < -0.39 is 0 Å². The number of anilines is 1. The van der Waals surface area contributed by atoms with E-state index in [0.717, 1.165) is 15.7 Å². The molecule has 2 rings (SSSR count). The molecule has 0 atom stereocenters. The minimum absolute atomic E-state index is 0.155. The summed E-state index contributed by atoms with van der Waals surface area (Å²) in [4.78, 5) is 29.4. The average molecular weight is 354 g/mol. The first-order chi connectivity index (χ1) is 9.54. The van der Waals surface area contributed by atoms with E-state index in [1.807, 2.05) is 25.1 Å². The van der Waals surface area contributed by atoms with Crippen LogP contribution in [0.15, 0.2) is 44.9 Å². The van der Waals surface area contributed by atoms with Gasteiger partial charge in [0.1, 0.15) is 0 Å². The van der Waals surface area contributed by atoms with Crippen molar-refractivity contribution in [3.63, 3.8) is 0 Å². The summed E-state index contributed by atoms with van der Waals surface area (Å²) in [7, 11) is 0. The second kappa shape index (κ2) is 6.71. The first-order valence-electron chi connectivity index (χ1n) is 5.79. The molecular weight excluding hydrogens is 342 g/mol. The fourth-order valence-corrected chi connectivity index (χ4v) is 2.45. The highest BCUT2D eigenvalue weighted by Crippen LogP contribution is 2.21. The number of aryl methyl sites for hydroxylation is 1. The number of nitrogens with one attached hydrogen (secondary N) is 2. The molecule has 20 heavy (non-hydrogen) atoms. The van der Waals surface area contributed by atoms with Gasteiger partial charge < -0.3 is 10.3 Å². The lowest BCUT2D eigenvalue weighted by atomic mass is 10.2. The Labute approximate surface area is 128 Å². The van der Waals surface area contributed by atoms with Gasteiger partial charge in [-0.15, -0.1) is 0 Å². The number of halogens is 1. The van der Waals surface area contributed by atoms with Gasteiger partial charge in [0.2, 0.25) is 5.91 Å². The molecule has 0 aliphatic rings. The van der Waals surface area contributed by atoms with Crippen molar-refractivity contribution in [2.24, 2.45) is 0 Å². The largest absolute Gasteiger partial charge is 0.325 e. The van der Waals surface area contributed by atoms with Crippen LogP contribution in [0.25, 0.3) is 0 Å². The van der Waals surface area contributed by atoms with Crippen molar-refractivity contribution in [2.75, 3.05) is 11.1 Å². The number of carbonyl (C=O) groups is 1. The maximum Gasteiger partial charge on any atom is 0.251 e. The quantitative estimate of drug-likeness (QED) is 0.654. The Balaban J connectivity index is 1.92. The van der Waals surface area contributed by atoms with Gasteiger partial charge in [-0.1, -0.05) is 33.8 Å². The zero-order valence-electron chi connectivity index (χ0n) is 10.6. The monoisotopic (exact) mass is 353 g/mol. The number of thioether (sulfide) groups is 1. The number of hydrogen-bond donors (Lipinski definition) is 2. The molecule has 0 aliphatic carbocycles. The molecule has 2 aromatic rings. The molecule has 0 unspecified atom stereocenters. The second-order valence-electron chi connectivity index (χ2n) is 4.04. The lowest BCUT2D eigenvalue weighted by Gasteiger charge is -2.06. The van der Waals surface area contributed by atoms with Crippen LogP contribution < -0.4 is 10.9 Å². The highest BCUT2D eigenvalue weighted by molar-refractivity contribution is 9.10. The number of rotatable bonds is 4. The fraction of sp³-hybridized carbons (Fsp3) is 0.154. The van der Waals surface area contributed by atoms with Crippen molar-refractivity contribution < 1.29 is 4.79 Å². The third kappa shape index (κ3) is 4.21. The number of hydrogen-bond acceptors (Lipinski definition) is 4. The summed E-state index contributed by atoms with van der Waals surface area (Å²) in [5.74, 6) is 0.0237. The Morgan fingerprint density at radius 2 is 2.25 bits per heavy atom. The molecular formula is C13H12BrN3O2S. The molecule has 1 heterocycles. The maximum absolute atomic E-state index is 11.8. The van der Waals surface area contributed by atoms with Crippen LogP contribution in [0.3, 0.4) is 0 Å². The molecule has 1 amide bonds. The van der Waals surface area contributed by atoms with Crippen molar-refractivity contribution >= 4 is 39.3 Å². The summed E-state index contributed by atoms with van der Waals surface area (Å²) < 4.78 is 0.942. The summed E-state index contributed by atoms with van der Waals surface area (Å²) >= 11 is 4.59. The van der Waals surface area contributed by atoms with Gasteiger partial charge in [-0.3, -0.25) is 9.59 Å². The lowest BCUT2D eigenvalue weighted by molar-refractivity contribution is -0.113. The Hall–Kier alpha value is -1.60. The standard InChI is InChI=1S/C13H12BrN3O2S/c1-8-2-3-9(6-10(8)14)16-12(19)7-20-13-15-5-4-11(18)17-13/h2-6H,7H2,1H3,(H,16,19)(H,15,17,18). The molecule has 0 fully saturated rings. The molecule has 5 nitrogen and oxygen atoms in total. The Bertz CT molecular complexity index is 687. The average Bonchev–Trinajstić information content (AvgIpc) is 2.41. The van der Waals surface area contributed by atoms with Crippen LogP contribution >= 0.6 is 27.7 Å². The Kier molecular flexibility index (Phi) is 4.97. The first-order valence-corrected chi connectivity index (χ1v) is 7.56. The molecule has 1 aromatic heterocycles. The van der Waals surface area contributed by atoms with E-state index in [2.05, 4.69) is 31.2 Å². The zero-order valence-corrected chi connectivity index (χ0v) is 13.0. The topological polar surface area (TPSA) is 74.8 Å². The van der Waals surface area contributed by atoms with E-state index >= 15 is 0 Å². The van der Waals surface area contributed by atoms with Gasteiger partial charge in [-0.2, -0.15) is 0 Å². The van der Waals surface area contributed by atoms with Gasteiger partial charge in [-0.05, 0) is 24.6 Å². The summed E-state index contributed by atoms with van der Waals surface area (Å²) in [5, 5.41) is 3.21. The van der Waals surface area contributed by atoms with Crippen LogP contribution in [-0.4, -0.2) is 21.6 Å². The number of H-pyrrole nitrogens is 1. The van der Waals surface area contributed by atoms with Gasteiger partial charge in [-0.25, -0.2) is 4.98 Å². The summed E-state index contributed by atoms with van der Waals surface area (Å²) in [5.41, 5.74) is 1.59. The van der Waals surface area contributed by atoms with Crippen LogP contribution in [0.2, 0.25) is 0 Å². The molecule has 0 aliphatic heterocycles. The van der Waals surface area contributed by atoms with E-state index in [1.54, 1.807) is 0 Å². The van der Waals surface area contributed by atoms with Crippen molar-refractivity contribution in [1.29, 1.82) is 0 Å². The number of aromatic amines is 1. The third-order valence-electron chi connectivity index (χ3n) is 2.44. The van der Waals surface area contributed by atoms with Crippen LogP contribution in [0.1, 0.15) is 5.56 Å². The first kappa shape index (κ1) is 14.8. The van der Waals surface area contributed by atoms with Gasteiger partial charge in [0, 0.05) is 22.4 Å². The molecule has 0 saturated heterocycles. The van der Waals surface area contributed by atoms with E-state index in [9.17, 15) is 9.59 Å². The zero-order chi connectivity index (χ0) is 14.5. The van der Waals surface area contributed by atoms with Gasteiger partial charge >= 0.3 is 0 Å². The van der Waals surface area contributed by atoms with Crippen molar-refractivity contribution in [3.8, 4) is 0 Å². The summed E-state index contributed by atoms with van der Waals surface area (Å²) in [6.07, 6.45) is 1.41.